The number of halogens is 3. The van der Waals surface area contributed by atoms with E-state index in [1.165, 1.54) is 36.7 Å². The molecule has 0 bridgehead atoms. The van der Waals surface area contributed by atoms with Gasteiger partial charge in [0.2, 0.25) is 0 Å². The molecule has 0 heterocycles. The first kappa shape index (κ1) is 34.9. The minimum absolute atomic E-state index is 0.132. The molecule has 2 aromatic carbocycles. The summed E-state index contributed by atoms with van der Waals surface area (Å²) < 4.78 is 36.8. The standard InChI is InChI=1S/C16H27N.C9H7F3O.C6H11NO/c1-6-13(3)14(4)12-17(5)16-11-9-8-10-15(16)7-2;1-6-2-3-7(5-13)8(4-6)9(10,11)12;1-5(2)7-4-6(3)8/h8-11,13-14H,6-7,12H2,1-5H3;2-5H,1H3;7H,1,4H2,2-3H3. The Kier molecular flexibility index (Phi) is 16.0. The Hall–Kier alpha value is -3.09. The number of hydrogen-bond acceptors (Lipinski definition) is 4. The smallest absolute Gasteiger partial charge is 0.382 e. The fraction of sp³-hybridized carbons (Fsp3) is 0.484. The van der Waals surface area contributed by atoms with Gasteiger partial charge in [-0.1, -0.05) is 76.6 Å². The molecule has 0 radical (unpaired) electrons. The van der Waals surface area contributed by atoms with Gasteiger partial charge in [0.25, 0.3) is 0 Å². The molecule has 0 fully saturated rings. The molecule has 2 unspecified atom stereocenters. The number of alkyl halides is 3. The zero-order chi connectivity index (χ0) is 29.5. The highest BCUT2D eigenvalue weighted by Gasteiger charge is 2.33. The highest BCUT2D eigenvalue weighted by molar-refractivity contribution is 5.78. The number of allylic oxidation sites excluding steroid dienone is 1. The van der Waals surface area contributed by atoms with Crippen molar-refractivity contribution in [1.82, 2.24) is 5.32 Å². The first-order valence-corrected chi connectivity index (χ1v) is 13.0. The SMILES string of the molecule is C=C(C)NCC(C)=O.CCc1ccccc1N(C)CC(C)C(C)CC.Cc1ccc(C=O)c(C(F)(F)F)c1. The molecule has 0 amide bonds. The Morgan fingerprint density at radius 1 is 1.08 bits per heavy atom. The molecule has 4 nitrogen and oxygen atoms in total. The summed E-state index contributed by atoms with van der Waals surface area (Å²) in [6.45, 7) is 19.2. The Morgan fingerprint density at radius 2 is 1.68 bits per heavy atom. The largest absolute Gasteiger partial charge is 0.417 e. The Balaban J connectivity index is 0.000000578. The van der Waals surface area contributed by atoms with E-state index in [0.29, 0.717) is 12.1 Å². The van der Waals surface area contributed by atoms with Crippen LogP contribution in [0.1, 0.15) is 75.0 Å². The van der Waals surface area contributed by atoms with E-state index in [-0.39, 0.29) is 17.6 Å². The van der Waals surface area contributed by atoms with Crippen molar-refractivity contribution in [3.8, 4) is 0 Å². The maximum Gasteiger partial charge on any atom is 0.417 e. The van der Waals surface area contributed by atoms with Crippen molar-refractivity contribution in [2.24, 2.45) is 11.8 Å². The molecule has 2 aromatic rings. The molecule has 7 heteroatoms. The number of aryl methyl sites for hydroxylation is 2. The number of para-hydroxylation sites is 1. The van der Waals surface area contributed by atoms with E-state index in [1.807, 2.05) is 6.92 Å². The van der Waals surface area contributed by atoms with Gasteiger partial charge in [-0.25, -0.2) is 0 Å². The van der Waals surface area contributed by atoms with Crippen LogP contribution in [0.3, 0.4) is 0 Å². The number of aldehydes is 1. The number of nitrogens with one attached hydrogen (secondary N) is 1. The van der Waals surface area contributed by atoms with Gasteiger partial charge in [-0.3, -0.25) is 9.59 Å². The summed E-state index contributed by atoms with van der Waals surface area (Å²) in [6.07, 6.45) is -1.87. The van der Waals surface area contributed by atoms with Crippen LogP contribution in [0.5, 0.6) is 0 Å². The molecule has 38 heavy (non-hydrogen) atoms. The molecule has 0 aliphatic carbocycles. The van der Waals surface area contributed by atoms with Crippen molar-refractivity contribution < 1.29 is 22.8 Å². The van der Waals surface area contributed by atoms with Crippen LogP contribution in [-0.2, 0) is 17.4 Å². The summed E-state index contributed by atoms with van der Waals surface area (Å²) in [7, 11) is 2.22. The number of ketones is 1. The summed E-state index contributed by atoms with van der Waals surface area (Å²) >= 11 is 0. The van der Waals surface area contributed by atoms with Gasteiger partial charge in [0.1, 0.15) is 5.78 Å². The second-order valence-electron chi connectivity index (χ2n) is 9.77. The number of anilines is 1. The van der Waals surface area contributed by atoms with Crippen LogP contribution in [0.4, 0.5) is 18.9 Å². The van der Waals surface area contributed by atoms with Gasteiger partial charge in [0.05, 0.1) is 12.1 Å². The summed E-state index contributed by atoms with van der Waals surface area (Å²) in [5, 5.41) is 2.80. The Labute approximate surface area is 227 Å². The first-order chi connectivity index (χ1) is 17.7. The molecule has 2 atom stereocenters. The minimum Gasteiger partial charge on any atom is -0.382 e. The quantitative estimate of drug-likeness (QED) is 0.315. The van der Waals surface area contributed by atoms with Gasteiger partial charge in [-0.15, -0.1) is 0 Å². The van der Waals surface area contributed by atoms with E-state index < -0.39 is 11.7 Å². The van der Waals surface area contributed by atoms with Crippen LogP contribution in [0.2, 0.25) is 0 Å². The van der Waals surface area contributed by atoms with Crippen molar-refractivity contribution in [2.75, 3.05) is 25.0 Å². The van der Waals surface area contributed by atoms with Crippen molar-refractivity contribution >= 4 is 17.8 Å². The number of hydrogen-bond donors (Lipinski definition) is 1. The normalized spacial score (nSPS) is 12.1. The monoisotopic (exact) mass is 534 g/mol. The zero-order valence-corrected chi connectivity index (χ0v) is 24.2. The predicted octanol–water partition coefficient (Wildman–Crippen LogP) is 7.89. The average molecular weight is 535 g/mol. The van der Waals surface area contributed by atoms with Crippen molar-refractivity contribution in [3.63, 3.8) is 0 Å². The van der Waals surface area contributed by atoms with E-state index in [2.05, 4.69) is 75.8 Å². The van der Waals surface area contributed by atoms with E-state index in [4.69, 9.17) is 0 Å². The summed E-state index contributed by atoms with van der Waals surface area (Å²) in [5.74, 6) is 1.68. The number of nitrogens with zero attached hydrogens (tertiary/aromatic N) is 1. The van der Waals surface area contributed by atoms with E-state index in [9.17, 15) is 22.8 Å². The molecule has 0 saturated carbocycles. The molecular weight excluding hydrogens is 489 g/mol. The van der Waals surface area contributed by atoms with Crippen LogP contribution in [0.25, 0.3) is 0 Å². The lowest BCUT2D eigenvalue weighted by Gasteiger charge is -2.28. The number of Topliss-reactive ketones (excluding diaryl/α,β-unsaturated/α-hetero) is 1. The molecule has 212 valence electrons. The van der Waals surface area contributed by atoms with Crippen molar-refractivity contribution in [3.05, 3.63) is 77.0 Å². The minimum atomic E-state index is -4.46. The van der Waals surface area contributed by atoms with E-state index in [0.717, 1.165) is 36.6 Å². The molecule has 0 aromatic heterocycles. The highest BCUT2D eigenvalue weighted by Crippen LogP contribution is 2.31. The maximum atomic E-state index is 12.3. The topological polar surface area (TPSA) is 49.4 Å². The third-order valence-electron chi connectivity index (χ3n) is 6.24. The van der Waals surface area contributed by atoms with Gasteiger partial charge in [0.15, 0.2) is 6.29 Å². The van der Waals surface area contributed by atoms with E-state index >= 15 is 0 Å². The predicted molar refractivity (Wildman–Crippen MR) is 153 cm³/mol. The highest BCUT2D eigenvalue weighted by atomic mass is 19.4. The molecule has 2 rings (SSSR count). The van der Waals surface area contributed by atoms with Crippen LogP contribution in [-0.4, -0.2) is 32.2 Å². The van der Waals surface area contributed by atoms with Gasteiger partial charge in [-0.05, 0) is 56.7 Å². The molecule has 0 saturated heterocycles. The molecule has 0 spiro atoms. The number of benzene rings is 2. The fourth-order valence-corrected chi connectivity index (χ4v) is 3.59. The third kappa shape index (κ3) is 13.5. The summed E-state index contributed by atoms with van der Waals surface area (Å²) in [4.78, 5) is 22.9. The summed E-state index contributed by atoms with van der Waals surface area (Å²) in [5.41, 5.74) is 2.97. The Bertz CT molecular complexity index is 1000. The second-order valence-corrected chi connectivity index (χ2v) is 9.77. The molecule has 0 aliphatic rings. The molecule has 1 N–H and O–H groups in total. The van der Waals surface area contributed by atoms with Crippen LogP contribution in [0.15, 0.2) is 54.7 Å². The lowest BCUT2D eigenvalue weighted by molar-refractivity contribution is -0.137. The Morgan fingerprint density at radius 3 is 2.13 bits per heavy atom. The number of rotatable bonds is 10. The van der Waals surface area contributed by atoms with Crippen LogP contribution in [0, 0.1) is 18.8 Å². The van der Waals surface area contributed by atoms with Gasteiger partial charge < -0.3 is 10.2 Å². The van der Waals surface area contributed by atoms with Crippen LogP contribution >= 0.6 is 0 Å². The first-order valence-electron chi connectivity index (χ1n) is 13.0. The third-order valence-corrected chi connectivity index (χ3v) is 6.24. The lowest BCUT2D eigenvalue weighted by atomic mass is 9.93. The lowest BCUT2D eigenvalue weighted by Crippen LogP contribution is -2.27. The molecular formula is C31H45F3N2O2. The van der Waals surface area contributed by atoms with Gasteiger partial charge >= 0.3 is 6.18 Å². The van der Waals surface area contributed by atoms with E-state index in [1.54, 1.807) is 6.92 Å². The van der Waals surface area contributed by atoms with Crippen molar-refractivity contribution in [1.29, 1.82) is 0 Å². The number of carbonyl (C=O) groups is 2. The van der Waals surface area contributed by atoms with Gasteiger partial charge in [-0.2, -0.15) is 13.2 Å². The van der Waals surface area contributed by atoms with Crippen molar-refractivity contribution in [2.45, 2.75) is 67.5 Å². The van der Waals surface area contributed by atoms with Crippen LogP contribution < -0.4 is 10.2 Å². The second kappa shape index (κ2) is 17.4. The molecule has 0 aliphatic heterocycles. The fourth-order valence-electron chi connectivity index (χ4n) is 3.59. The summed E-state index contributed by atoms with van der Waals surface area (Å²) in [6, 6.07) is 12.4. The van der Waals surface area contributed by atoms with Gasteiger partial charge in [0, 0.05) is 30.5 Å². The number of carbonyl (C=O) groups excluding carboxylic acids is 2. The maximum absolute atomic E-state index is 12.3. The average Bonchev–Trinajstić information content (AvgIpc) is 2.87. The zero-order valence-electron chi connectivity index (χ0n) is 24.2.